The topological polar surface area (TPSA) is 50.4 Å². The molecule has 1 aliphatic rings. The number of benzene rings is 1. The van der Waals surface area contributed by atoms with E-state index in [9.17, 15) is 13.6 Å². The van der Waals surface area contributed by atoms with E-state index in [1.807, 2.05) is 0 Å². The number of hydrogen-bond donors (Lipinski definition) is 2. The van der Waals surface area contributed by atoms with Gasteiger partial charge in [0.1, 0.15) is 5.75 Å². The molecular weight excluding hydrogens is 346 g/mol. The third-order valence-corrected chi connectivity index (χ3v) is 3.89. The second kappa shape index (κ2) is 7.70. The smallest absolute Gasteiger partial charge is 0.387 e. The number of alkyl halides is 2. The minimum absolute atomic E-state index is 0.0159. The highest BCUT2D eigenvalue weighted by atomic mass is 79.9. The molecule has 116 valence electrons. The van der Waals surface area contributed by atoms with E-state index < -0.39 is 6.61 Å². The summed E-state index contributed by atoms with van der Waals surface area (Å²) in [7, 11) is 0. The summed E-state index contributed by atoms with van der Waals surface area (Å²) in [5.41, 5.74) is 0.520. The van der Waals surface area contributed by atoms with E-state index >= 15 is 0 Å². The van der Waals surface area contributed by atoms with E-state index in [-0.39, 0.29) is 24.1 Å². The fourth-order valence-electron chi connectivity index (χ4n) is 2.31. The maximum absolute atomic E-state index is 12.4. The zero-order valence-corrected chi connectivity index (χ0v) is 13.0. The van der Waals surface area contributed by atoms with Crippen molar-refractivity contribution in [2.75, 3.05) is 13.1 Å². The lowest BCUT2D eigenvalue weighted by molar-refractivity contribution is -0.125. The molecule has 0 aliphatic carbocycles. The molecule has 2 N–H and O–H groups in total. The average Bonchev–Trinajstić information content (AvgIpc) is 2.47. The molecule has 1 amide bonds. The molecule has 0 spiro atoms. The van der Waals surface area contributed by atoms with Crippen LogP contribution in [0.2, 0.25) is 0 Å². The third kappa shape index (κ3) is 4.93. The van der Waals surface area contributed by atoms with Crippen molar-refractivity contribution in [3.8, 4) is 5.75 Å². The Kier molecular flexibility index (Phi) is 5.93. The van der Waals surface area contributed by atoms with E-state index in [1.165, 1.54) is 6.07 Å². The molecule has 21 heavy (non-hydrogen) atoms. The summed E-state index contributed by atoms with van der Waals surface area (Å²) < 4.78 is 29.9. The summed E-state index contributed by atoms with van der Waals surface area (Å²) >= 11 is 3.28. The van der Waals surface area contributed by atoms with Crippen LogP contribution in [0.5, 0.6) is 5.75 Å². The molecule has 1 saturated heterocycles. The van der Waals surface area contributed by atoms with Gasteiger partial charge in [-0.2, -0.15) is 8.78 Å². The highest BCUT2D eigenvalue weighted by Gasteiger charge is 2.21. The number of carbonyl (C=O) groups is 1. The Morgan fingerprint density at radius 1 is 1.43 bits per heavy atom. The highest BCUT2D eigenvalue weighted by Crippen LogP contribution is 2.25. The molecule has 1 heterocycles. The molecule has 0 aromatic heterocycles. The molecule has 0 saturated carbocycles. The van der Waals surface area contributed by atoms with Gasteiger partial charge in [-0.25, -0.2) is 0 Å². The van der Waals surface area contributed by atoms with Gasteiger partial charge in [-0.05, 0) is 44.1 Å². The van der Waals surface area contributed by atoms with Gasteiger partial charge in [0.25, 0.3) is 0 Å². The number of halogens is 3. The van der Waals surface area contributed by atoms with Gasteiger partial charge >= 0.3 is 6.61 Å². The van der Waals surface area contributed by atoms with E-state index in [0.717, 1.165) is 30.4 Å². The van der Waals surface area contributed by atoms with E-state index in [0.29, 0.717) is 5.56 Å². The number of hydrogen-bond acceptors (Lipinski definition) is 3. The lowest BCUT2D eigenvalue weighted by atomic mass is 9.97. The maximum Gasteiger partial charge on any atom is 0.387 e. The van der Waals surface area contributed by atoms with Crippen LogP contribution in [0, 0.1) is 5.92 Å². The fourth-order valence-corrected chi connectivity index (χ4v) is 2.72. The summed E-state index contributed by atoms with van der Waals surface area (Å²) in [6, 6.07) is 4.75. The second-order valence-corrected chi connectivity index (χ2v) is 5.79. The minimum Gasteiger partial charge on any atom is -0.434 e. The van der Waals surface area contributed by atoms with Gasteiger partial charge in [0, 0.05) is 22.5 Å². The van der Waals surface area contributed by atoms with Crippen molar-refractivity contribution in [1.82, 2.24) is 10.6 Å². The standard InChI is InChI=1S/C14H17BrF2N2O2/c15-11-1-2-12(21-14(16)17)10(7-11)8-19-13(20)9-3-5-18-6-4-9/h1-2,7,9,14,18H,3-6,8H2,(H,19,20). The number of rotatable bonds is 5. The number of nitrogens with one attached hydrogen (secondary N) is 2. The van der Waals surface area contributed by atoms with Crippen LogP contribution in [0.4, 0.5) is 8.78 Å². The SMILES string of the molecule is O=C(NCc1cc(Br)ccc1OC(F)F)C1CCNCC1. The van der Waals surface area contributed by atoms with Crippen LogP contribution in [0.25, 0.3) is 0 Å². The predicted molar refractivity (Wildman–Crippen MR) is 78.2 cm³/mol. The zero-order valence-electron chi connectivity index (χ0n) is 11.4. The van der Waals surface area contributed by atoms with Crippen molar-refractivity contribution in [2.45, 2.75) is 26.0 Å². The second-order valence-electron chi connectivity index (χ2n) is 4.87. The van der Waals surface area contributed by atoms with Crippen LogP contribution in [-0.4, -0.2) is 25.6 Å². The highest BCUT2D eigenvalue weighted by molar-refractivity contribution is 9.10. The Balaban J connectivity index is 1.97. The third-order valence-electron chi connectivity index (χ3n) is 3.40. The molecular formula is C14H17BrF2N2O2. The zero-order chi connectivity index (χ0) is 15.2. The predicted octanol–water partition coefficient (Wildman–Crippen LogP) is 2.67. The Morgan fingerprint density at radius 3 is 2.81 bits per heavy atom. The monoisotopic (exact) mass is 362 g/mol. The van der Waals surface area contributed by atoms with Crippen molar-refractivity contribution in [1.29, 1.82) is 0 Å². The fraction of sp³-hybridized carbons (Fsp3) is 0.500. The Labute approximate surface area is 130 Å². The van der Waals surface area contributed by atoms with Crippen molar-refractivity contribution >= 4 is 21.8 Å². The summed E-state index contributed by atoms with van der Waals surface area (Å²) in [4.78, 5) is 12.1. The number of amides is 1. The summed E-state index contributed by atoms with van der Waals surface area (Å²) in [5, 5.41) is 5.99. The molecule has 1 fully saturated rings. The van der Waals surface area contributed by atoms with Gasteiger partial charge in [0.05, 0.1) is 0 Å². The summed E-state index contributed by atoms with van der Waals surface area (Å²) in [6.07, 6.45) is 1.59. The molecule has 0 bridgehead atoms. The first-order valence-corrected chi connectivity index (χ1v) is 7.57. The molecule has 0 atom stereocenters. The minimum atomic E-state index is -2.88. The Bertz CT molecular complexity index is 494. The first-order chi connectivity index (χ1) is 10.1. The van der Waals surface area contributed by atoms with Gasteiger partial charge in [0.15, 0.2) is 0 Å². The quantitative estimate of drug-likeness (QED) is 0.846. The van der Waals surface area contributed by atoms with Gasteiger partial charge in [0.2, 0.25) is 5.91 Å². The van der Waals surface area contributed by atoms with Gasteiger partial charge in [-0.15, -0.1) is 0 Å². The van der Waals surface area contributed by atoms with Crippen molar-refractivity contribution in [3.63, 3.8) is 0 Å². The Hall–Kier alpha value is -1.21. The maximum atomic E-state index is 12.4. The molecule has 1 aromatic rings. The lowest BCUT2D eigenvalue weighted by Crippen LogP contribution is -2.37. The van der Waals surface area contributed by atoms with Crippen LogP contribution in [-0.2, 0) is 11.3 Å². The van der Waals surface area contributed by atoms with Gasteiger partial charge in [-0.3, -0.25) is 4.79 Å². The molecule has 4 nitrogen and oxygen atoms in total. The summed E-state index contributed by atoms with van der Waals surface area (Å²) in [5.74, 6) is 0.0242. The average molecular weight is 363 g/mol. The Morgan fingerprint density at radius 2 is 2.14 bits per heavy atom. The molecule has 2 rings (SSSR count). The van der Waals surface area contributed by atoms with Crippen molar-refractivity contribution in [2.24, 2.45) is 5.92 Å². The van der Waals surface area contributed by atoms with E-state index in [2.05, 4.69) is 31.3 Å². The van der Waals surface area contributed by atoms with Gasteiger partial charge < -0.3 is 15.4 Å². The number of ether oxygens (including phenoxy) is 1. The van der Waals surface area contributed by atoms with Crippen LogP contribution in [0.3, 0.4) is 0 Å². The molecule has 0 radical (unpaired) electrons. The normalized spacial score (nSPS) is 16.0. The first kappa shape index (κ1) is 16.2. The van der Waals surface area contributed by atoms with Crippen LogP contribution in [0.15, 0.2) is 22.7 Å². The lowest BCUT2D eigenvalue weighted by Gasteiger charge is -2.22. The van der Waals surface area contributed by atoms with E-state index in [4.69, 9.17) is 0 Å². The summed E-state index contributed by atoms with van der Waals surface area (Å²) in [6.45, 7) is -1.06. The first-order valence-electron chi connectivity index (χ1n) is 6.78. The van der Waals surface area contributed by atoms with Crippen LogP contribution in [0.1, 0.15) is 18.4 Å². The number of piperidine rings is 1. The van der Waals surface area contributed by atoms with Crippen molar-refractivity contribution < 1.29 is 18.3 Å². The molecule has 1 aliphatic heterocycles. The van der Waals surface area contributed by atoms with Crippen LogP contribution >= 0.6 is 15.9 Å². The van der Waals surface area contributed by atoms with Crippen molar-refractivity contribution in [3.05, 3.63) is 28.2 Å². The number of carbonyl (C=O) groups excluding carboxylic acids is 1. The van der Waals surface area contributed by atoms with Crippen LogP contribution < -0.4 is 15.4 Å². The largest absolute Gasteiger partial charge is 0.434 e. The molecule has 0 unspecified atom stereocenters. The van der Waals surface area contributed by atoms with Gasteiger partial charge in [-0.1, -0.05) is 15.9 Å². The van der Waals surface area contributed by atoms with E-state index in [1.54, 1.807) is 12.1 Å². The molecule has 7 heteroatoms. The molecule has 1 aromatic carbocycles.